The minimum atomic E-state index is 0.587. The van der Waals surface area contributed by atoms with Crippen molar-refractivity contribution in [3.63, 3.8) is 0 Å². The van der Waals surface area contributed by atoms with Gasteiger partial charge in [0.05, 0.1) is 11.4 Å². The van der Waals surface area contributed by atoms with E-state index in [1.165, 1.54) is 25.7 Å². The van der Waals surface area contributed by atoms with Crippen molar-refractivity contribution in [1.29, 1.82) is 0 Å². The first-order valence-electron chi connectivity index (χ1n) is 7.25. The van der Waals surface area contributed by atoms with E-state index in [1.807, 2.05) is 12.1 Å². The highest BCUT2D eigenvalue weighted by atomic mass is 16.6. The molecule has 3 N–H and O–H groups in total. The third-order valence-corrected chi connectivity index (χ3v) is 4.79. The zero-order valence-corrected chi connectivity index (χ0v) is 11.0. The summed E-state index contributed by atoms with van der Waals surface area (Å²) in [6.45, 7) is 1.22. The average molecular weight is 260 g/mol. The Hall–Kier alpha value is -1.58. The Morgan fingerprint density at radius 3 is 2.53 bits per heavy atom. The molecular weight excluding hydrogens is 240 g/mol. The van der Waals surface area contributed by atoms with E-state index in [1.54, 1.807) is 0 Å². The molecule has 4 nitrogen and oxygen atoms in total. The smallest absolute Gasteiger partial charge is 0.163 e. The van der Waals surface area contributed by atoms with Gasteiger partial charge < -0.3 is 20.5 Å². The van der Waals surface area contributed by atoms with E-state index in [2.05, 4.69) is 5.32 Å². The van der Waals surface area contributed by atoms with E-state index in [0.717, 1.165) is 34.7 Å². The Labute approximate surface area is 113 Å². The molecule has 19 heavy (non-hydrogen) atoms. The molecular formula is C15H20N2O2. The van der Waals surface area contributed by atoms with Crippen molar-refractivity contribution in [2.75, 3.05) is 24.3 Å². The highest BCUT2D eigenvalue weighted by Crippen LogP contribution is 2.46. The van der Waals surface area contributed by atoms with Gasteiger partial charge in [-0.1, -0.05) is 6.42 Å². The molecule has 3 unspecified atom stereocenters. The molecule has 1 aromatic rings. The number of rotatable bonds is 2. The Morgan fingerprint density at radius 2 is 1.84 bits per heavy atom. The topological polar surface area (TPSA) is 56.5 Å². The second-order valence-electron chi connectivity index (χ2n) is 6.01. The van der Waals surface area contributed by atoms with Crippen molar-refractivity contribution in [1.82, 2.24) is 0 Å². The summed E-state index contributed by atoms with van der Waals surface area (Å²) in [5.74, 6) is 3.34. The summed E-state index contributed by atoms with van der Waals surface area (Å²) in [4.78, 5) is 0. The first-order chi connectivity index (χ1) is 9.29. The van der Waals surface area contributed by atoms with Crippen molar-refractivity contribution < 1.29 is 9.47 Å². The third kappa shape index (κ3) is 1.90. The Morgan fingerprint density at radius 1 is 1.05 bits per heavy atom. The lowest BCUT2D eigenvalue weighted by Gasteiger charge is -2.26. The maximum absolute atomic E-state index is 6.12. The van der Waals surface area contributed by atoms with Gasteiger partial charge >= 0.3 is 0 Å². The maximum Gasteiger partial charge on any atom is 0.163 e. The lowest BCUT2D eigenvalue weighted by molar-refractivity contribution is 0.172. The van der Waals surface area contributed by atoms with Crippen LogP contribution in [0.2, 0.25) is 0 Å². The van der Waals surface area contributed by atoms with E-state index in [-0.39, 0.29) is 0 Å². The number of nitrogen functional groups attached to an aromatic ring is 1. The van der Waals surface area contributed by atoms with Crippen LogP contribution in [0, 0.1) is 11.8 Å². The maximum atomic E-state index is 6.12. The molecule has 102 valence electrons. The molecule has 3 aliphatic rings. The van der Waals surface area contributed by atoms with Gasteiger partial charge in [0.25, 0.3) is 0 Å². The predicted octanol–water partition coefficient (Wildman–Crippen LogP) is 2.64. The highest BCUT2D eigenvalue weighted by Gasteiger charge is 2.39. The molecule has 1 aliphatic heterocycles. The van der Waals surface area contributed by atoms with Crippen LogP contribution in [0.25, 0.3) is 0 Å². The molecule has 1 aromatic carbocycles. The summed E-state index contributed by atoms with van der Waals surface area (Å²) in [5, 5.41) is 3.63. The van der Waals surface area contributed by atoms with Gasteiger partial charge in [-0.25, -0.2) is 0 Å². The van der Waals surface area contributed by atoms with Crippen LogP contribution in [0.5, 0.6) is 11.5 Å². The van der Waals surface area contributed by atoms with Gasteiger partial charge in [-0.2, -0.15) is 0 Å². The fraction of sp³-hybridized carbons (Fsp3) is 0.600. The van der Waals surface area contributed by atoms with Gasteiger partial charge in [0, 0.05) is 18.2 Å². The molecule has 0 radical (unpaired) electrons. The van der Waals surface area contributed by atoms with E-state index >= 15 is 0 Å². The van der Waals surface area contributed by atoms with Crippen molar-refractivity contribution in [2.45, 2.75) is 31.7 Å². The summed E-state index contributed by atoms with van der Waals surface area (Å²) >= 11 is 0. The zero-order valence-electron chi connectivity index (χ0n) is 11.0. The number of nitrogens with one attached hydrogen (secondary N) is 1. The normalized spacial score (nSPS) is 31.5. The molecule has 4 heteroatoms. The van der Waals surface area contributed by atoms with Gasteiger partial charge in [-0.3, -0.25) is 0 Å². The van der Waals surface area contributed by atoms with E-state index < -0.39 is 0 Å². The molecule has 2 bridgehead atoms. The number of fused-ring (bicyclic) bond motifs is 3. The molecule has 2 saturated carbocycles. The van der Waals surface area contributed by atoms with Gasteiger partial charge in [0.1, 0.15) is 13.2 Å². The number of benzene rings is 1. The molecule has 0 aromatic heterocycles. The summed E-state index contributed by atoms with van der Waals surface area (Å²) in [5.41, 5.74) is 7.88. The van der Waals surface area contributed by atoms with Crippen LogP contribution in [0.1, 0.15) is 25.7 Å². The first kappa shape index (κ1) is 11.3. The Bertz CT molecular complexity index is 503. The fourth-order valence-corrected chi connectivity index (χ4v) is 3.85. The Balaban J connectivity index is 1.57. The molecule has 1 heterocycles. The van der Waals surface area contributed by atoms with E-state index in [9.17, 15) is 0 Å². The number of hydrogen-bond acceptors (Lipinski definition) is 4. The highest BCUT2D eigenvalue weighted by molar-refractivity contribution is 5.72. The minimum Gasteiger partial charge on any atom is -0.486 e. The SMILES string of the molecule is Nc1cc2c(cc1NC1CC3CCC1C3)OCCO2. The minimum absolute atomic E-state index is 0.587. The van der Waals surface area contributed by atoms with Crippen LogP contribution in [-0.4, -0.2) is 19.3 Å². The molecule has 2 fully saturated rings. The van der Waals surface area contributed by atoms with Gasteiger partial charge in [-0.15, -0.1) is 0 Å². The van der Waals surface area contributed by atoms with Gasteiger partial charge in [0.2, 0.25) is 0 Å². The molecule has 2 aliphatic carbocycles. The molecule has 0 saturated heterocycles. The standard InChI is InChI=1S/C15H20N2O2/c16-11-7-14-15(19-4-3-18-14)8-13(11)17-12-6-9-1-2-10(12)5-9/h7-10,12,17H,1-6,16H2. The second-order valence-corrected chi connectivity index (χ2v) is 6.01. The van der Waals surface area contributed by atoms with Crippen LogP contribution in [0.4, 0.5) is 11.4 Å². The summed E-state index contributed by atoms with van der Waals surface area (Å²) < 4.78 is 11.2. The molecule has 0 amide bonds. The lowest BCUT2D eigenvalue weighted by Crippen LogP contribution is -2.26. The number of hydrogen-bond donors (Lipinski definition) is 2. The van der Waals surface area contributed by atoms with Crippen molar-refractivity contribution >= 4 is 11.4 Å². The largest absolute Gasteiger partial charge is 0.486 e. The summed E-state index contributed by atoms with van der Waals surface area (Å²) in [7, 11) is 0. The summed E-state index contributed by atoms with van der Waals surface area (Å²) in [6.07, 6.45) is 5.47. The number of nitrogens with two attached hydrogens (primary N) is 1. The van der Waals surface area contributed by atoms with Crippen LogP contribution in [0.3, 0.4) is 0 Å². The third-order valence-electron chi connectivity index (χ3n) is 4.79. The number of anilines is 2. The molecule has 0 spiro atoms. The summed E-state index contributed by atoms with van der Waals surface area (Å²) in [6, 6.07) is 4.46. The van der Waals surface area contributed by atoms with Crippen LogP contribution < -0.4 is 20.5 Å². The van der Waals surface area contributed by atoms with Crippen LogP contribution in [0.15, 0.2) is 12.1 Å². The molecule has 3 atom stereocenters. The van der Waals surface area contributed by atoms with E-state index in [4.69, 9.17) is 15.2 Å². The monoisotopic (exact) mass is 260 g/mol. The lowest BCUT2D eigenvalue weighted by atomic mass is 9.95. The van der Waals surface area contributed by atoms with Crippen LogP contribution >= 0.6 is 0 Å². The van der Waals surface area contributed by atoms with Crippen molar-refractivity contribution in [3.05, 3.63) is 12.1 Å². The van der Waals surface area contributed by atoms with Gasteiger partial charge in [0.15, 0.2) is 11.5 Å². The first-order valence-corrected chi connectivity index (χ1v) is 7.25. The second kappa shape index (κ2) is 4.22. The Kier molecular flexibility index (Phi) is 2.50. The predicted molar refractivity (Wildman–Crippen MR) is 74.7 cm³/mol. The average Bonchev–Trinajstić information content (AvgIpc) is 3.02. The zero-order chi connectivity index (χ0) is 12.8. The van der Waals surface area contributed by atoms with Crippen LogP contribution in [-0.2, 0) is 0 Å². The fourth-order valence-electron chi connectivity index (χ4n) is 3.85. The van der Waals surface area contributed by atoms with Crippen molar-refractivity contribution in [2.24, 2.45) is 11.8 Å². The molecule has 4 rings (SSSR count). The van der Waals surface area contributed by atoms with Crippen molar-refractivity contribution in [3.8, 4) is 11.5 Å². The number of ether oxygens (including phenoxy) is 2. The quantitative estimate of drug-likeness (QED) is 0.803. The van der Waals surface area contributed by atoms with Gasteiger partial charge in [-0.05, 0) is 31.1 Å². The van der Waals surface area contributed by atoms with E-state index in [0.29, 0.717) is 19.3 Å².